The molecule has 1 heterocycles. The summed E-state index contributed by atoms with van der Waals surface area (Å²) in [4.78, 5) is 0. The van der Waals surface area contributed by atoms with Gasteiger partial charge in [-0.3, -0.25) is 4.68 Å². The van der Waals surface area contributed by atoms with E-state index in [0.717, 1.165) is 31.7 Å². The lowest BCUT2D eigenvalue weighted by Gasteiger charge is -2.06. The summed E-state index contributed by atoms with van der Waals surface area (Å²) in [6, 6.07) is 1.92. The molecule has 0 radical (unpaired) electrons. The van der Waals surface area contributed by atoms with Crippen LogP contribution in [0.3, 0.4) is 0 Å². The molecule has 20 heavy (non-hydrogen) atoms. The maximum atomic E-state index is 5.49. The van der Waals surface area contributed by atoms with Crippen molar-refractivity contribution < 1.29 is 14.2 Å². The molecule has 0 spiro atoms. The van der Waals surface area contributed by atoms with Crippen LogP contribution in [0.15, 0.2) is 12.3 Å². The fraction of sp³-hybridized carbons (Fsp3) is 0.786. The molecule has 6 heteroatoms. The summed E-state index contributed by atoms with van der Waals surface area (Å²) < 4.78 is 18.1. The van der Waals surface area contributed by atoms with Crippen LogP contribution in [0.1, 0.15) is 25.5 Å². The van der Waals surface area contributed by atoms with Crippen molar-refractivity contribution in [2.75, 3.05) is 39.6 Å². The number of rotatable bonds is 13. The minimum atomic E-state index is 0.474. The lowest BCUT2D eigenvalue weighted by Crippen LogP contribution is -2.12. The van der Waals surface area contributed by atoms with Crippen LogP contribution in [0.5, 0.6) is 0 Å². The number of aromatic nitrogens is 2. The molecule has 2 N–H and O–H groups in total. The van der Waals surface area contributed by atoms with Gasteiger partial charge < -0.3 is 19.9 Å². The SMILES string of the molecule is CCCCOCCOCCOCCn1ccc(CN)n1. The molecule has 0 aliphatic heterocycles. The first kappa shape index (κ1) is 17.1. The zero-order chi connectivity index (χ0) is 14.5. The van der Waals surface area contributed by atoms with Gasteiger partial charge in [-0.25, -0.2) is 0 Å². The Kier molecular flexibility index (Phi) is 10.1. The van der Waals surface area contributed by atoms with Crippen LogP contribution in [0.2, 0.25) is 0 Å². The van der Waals surface area contributed by atoms with Gasteiger partial charge in [0.1, 0.15) is 0 Å². The maximum Gasteiger partial charge on any atom is 0.0760 e. The van der Waals surface area contributed by atoms with Gasteiger partial charge in [0.05, 0.1) is 45.3 Å². The predicted molar refractivity (Wildman–Crippen MR) is 77.5 cm³/mol. The number of ether oxygens (including phenoxy) is 3. The van der Waals surface area contributed by atoms with Gasteiger partial charge in [0.25, 0.3) is 0 Å². The van der Waals surface area contributed by atoms with Crippen LogP contribution in [-0.2, 0) is 27.3 Å². The molecule has 116 valence electrons. The summed E-state index contributed by atoms with van der Waals surface area (Å²) in [6.07, 6.45) is 4.19. The second kappa shape index (κ2) is 11.8. The first-order valence-corrected chi connectivity index (χ1v) is 7.32. The predicted octanol–water partition coefficient (Wildman–Crippen LogP) is 1.19. The number of unbranched alkanes of at least 4 members (excludes halogenated alkanes) is 1. The molecule has 0 saturated heterocycles. The van der Waals surface area contributed by atoms with Crippen molar-refractivity contribution in [2.24, 2.45) is 5.73 Å². The lowest BCUT2D eigenvalue weighted by molar-refractivity contribution is 0.0123. The van der Waals surface area contributed by atoms with Gasteiger partial charge >= 0.3 is 0 Å². The smallest absolute Gasteiger partial charge is 0.0760 e. The third-order valence-electron chi connectivity index (χ3n) is 2.76. The molecule has 1 aromatic rings. The molecule has 0 aliphatic carbocycles. The molecule has 0 bridgehead atoms. The van der Waals surface area contributed by atoms with Crippen LogP contribution >= 0.6 is 0 Å². The van der Waals surface area contributed by atoms with E-state index in [1.54, 1.807) is 0 Å². The highest BCUT2D eigenvalue weighted by atomic mass is 16.5. The average Bonchev–Trinajstić information content (AvgIpc) is 2.93. The normalized spacial score (nSPS) is 11.1. The molecule has 1 aromatic heterocycles. The van der Waals surface area contributed by atoms with Gasteiger partial charge in [-0.2, -0.15) is 5.10 Å². The van der Waals surface area contributed by atoms with E-state index < -0.39 is 0 Å². The largest absolute Gasteiger partial charge is 0.379 e. The summed E-state index contributed by atoms with van der Waals surface area (Å²) in [6.45, 7) is 7.30. The van der Waals surface area contributed by atoms with E-state index in [1.165, 1.54) is 0 Å². The molecule has 0 unspecified atom stereocenters. The van der Waals surface area contributed by atoms with E-state index in [4.69, 9.17) is 19.9 Å². The van der Waals surface area contributed by atoms with Gasteiger partial charge in [-0.15, -0.1) is 0 Å². The Hall–Kier alpha value is -0.950. The van der Waals surface area contributed by atoms with Crippen LogP contribution in [0.25, 0.3) is 0 Å². The molecule has 0 aromatic carbocycles. The van der Waals surface area contributed by atoms with Gasteiger partial charge in [-0.1, -0.05) is 13.3 Å². The molecular formula is C14H27N3O3. The molecule has 0 fully saturated rings. The number of hydrogen-bond donors (Lipinski definition) is 1. The quantitative estimate of drug-likeness (QED) is 0.551. The Morgan fingerprint density at radius 2 is 1.70 bits per heavy atom. The zero-order valence-electron chi connectivity index (χ0n) is 12.4. The van der Waals surface area contributed by atoms with E-state index in [1.807, 2.05) is 16.9 Å². The first-order valence-electron chi connectivity index (χ1n) is 7.32. The zero-order valence-corrected chi connectivity index (χ0v) is 12.4. The third-order valence-corrected chi connectivity index (χ3v) is 2.76. The highest BCUT2D eigenvalue weighted by Crippen LogP contribution is 1.94. The average molecular weight is 285 g/mol. The topological polar surface area (TPSA) is 71.5 Å². The second-order valence-electron chi connectivity index (χ2n) is 4.46. The standard InChI is InChI=1S/C14H27N3O3/c1-2-3-7-18-9-11-20-12-10-19-8-6-17-5-4-14(13-15)16-17/h4-5H,2-3,6-13,15H2,1H3. The first-order chi connectivity index (χ1) is 9.86. The second-order valence-corrected chi connectivity index (χ2v) is 4.46. The fourth-order valence-electron chi connectivity index (χ4n) is 1.58. The van der Waals surface area contributed by atoms with Crippen LogP contribution in [-0.4, -0.2) is 49.4 Å². The van der Waals surface area contributed by atoms with Crippen molar-refractivity contribution in [2.45, 2.75) is 32.9 Å². The van der Waals surface area contributed by atoms with Crippen molar-refractivity contribution in [3.63, 3.8) is 0 Å². The summed E-state index contributed by atoms with van der Waals surface area (Å²) >= 11 is 0. The summed E-state index contributed by atoms with van der Waals surface area (Å²) in [5, 5.41) is 4.28. The minimum absolute atomic E-state index is 0.474. The molecule has 1 rings (SSSR count). The number of hydrogen-bond acceptors (Lipinski definition) is 5. The van der Waals surface area contributed by atoms with E-state index in [0.29, 0.717) is 39.6 Å². The number of nitrogens with two attached hydrogens (primary N) is 1. The highest BCUT2D eigenvalue weighted by Gasteiger charge is 1.96. The summed E-state index contributed by atoms with van der Waals surface area (Å²) in [7, 11) is 0. The van der Waals surface area contributed by atoms with Crippen LogP contribution in [0.4, 0.5) is 0 Å². The van der Waals surface area contributed by atoms with E-state index >= 15 is 0 Å². The Morgan fingerprint density at radius 3 is 2.30 bits per heavy atom. The van der Waals surface area contributed by atoms with Gasteiger partial charge in [0.15, 0.2) is 0 Å². The summed E-state index contributed by atoms with van der Waals surface area (Å²) in [5.74, 6) is 0. The van der Waals surface area contributed by atoms with Gasteiger partial charge in [0.2, 0.25) is 0 Å². The Bertz CT molecular complexity index is 331. The van der Waals surface area contributed by atoms with Crippen molar-refractivity contribution >= 4 is 0 Å². The fourth-order valence-corrected chi connectivity index (χ4v) is 1.58. The molecule has 0 saturated carbocycles. The third kappa shape index (κ3) is 8.27. The molecule has 0 atom stereocenters. The van der Waals surface area contributed by atoms with Crippen molar-refractivity contribution in [1.82, 2.24) is 9.78 Å². The van der Waals surface area contributed by atoms with Gasteiger partial charge in [0, 0.05) is 19.3 Å². The molecule has 6 nitrogen and oxygen atoms in total. The van der Waals surface area contributed by atoms with Gasteiger partial charge in [-0.05, 0) is 12.5 Å². The van der Waals surface area contributed by atoms with Crippen LogP contribution < -0.4 is 5.73 Å². The van der Waals surface area contributed by atoms with Crippen molar-refractivity contribution in [3.8, 4) is 0 Å². The number of nitrogens with zero attached hydrogens (tertiary/aromatic N) is 2. The Balaban J connectivity index is 1.83. The minimum Gasteiger partial charge on any atom is -0.379 e. The molecule has 0 aliphatic rings. The van der Waals surface area contributed by atoms with Crippen molar-refractivity contribution in [3.05, 3.63) is 18.0 Å². The lowest BCUT2D eigenvalue weighted by atomic mass is 10.4. The maximum absolute atomic E-state index is 5.49. The van der Waals surface area contributed by atoms with Crippen LogP contribution in [0, 0.1) is 0 Å². The molecule has 0 amide bonds. The molecular weight excluding hydrogens is 258 g/mol. The van der Waals surface area contributed by atoms with E-state index in [-0.39, 0.29) is 0 Å². The highest BCUT2D eigenvalue weighted by molar-refractivity contribution is 4.97. The van der Waals surface area contributed by atoms with Crippen molar-refractivity contribution in [1.29, 1.82) is 0 Å². The van der Waals surface area contributed by atoms with E-state index in [2.05, 4.69) is 12.0 Å². The summed E-state index contributed by atoms with van der Waals surface area (Å²) in [5.41, 5.74) is 6.39. The Morgan fingerprint density at radius 1 is 1.05 bits per heavy atom. The van der Waals surface area contributed by atoms with E-state index in [9.17, 15) is 0 Å². The monoisotopic (exact) mass is 285 g/mol. The Labute approximate surface area is 121 Å².